The molecular weight excluding hydrogens is 374 g/mol. The number of nitro benzene ring substituents is 1. The van der Waals surface area contributed by atoms with Crippen LogP contribution in [0.3, 0.4) is 0 Å². The summed E-state index contributed by atoms with van der Waals surface area (Å²) in [6.07, 6.45) is 2.50. The van der Waals surface area contributed by atoms with Crippen LogP contribution in [0.25, 0.3) is 0 Å². The Kier molecular flexibility index (Phi) is 9.16. The Labute approximate surface area is 159 Å². The molecule has 0 unspecified atom stereocenters. The molecule has 0 spiro atoms. The number of rotatable bonds is 12. The quantitative estimate of drug-likeness (QED) is 0.247. The Hall–Kier alpha value is -2.20. The topological polar surface area (TPSA) is 119 Å². The molecule has 152 valence electrons. The zero-order chi connectivity index (χ0) is 20.4. The van der Waals surface area contributed by atoms with Crippen molar-refractivity contribution in [3.63, 3.8) is 0 Å². The molecule has 0 aliphatic carbocycles. The lowest BCUT2D eigenvalue weighted by molar-refractivity contribution is -0.384. The van der Waals surface area contributed by atoms with Crippen molar-refractivity contribution < 1.29 is 22.9 Å². The molecule has 0 fully saturated rings. The monoisotopic (exact) mass is 401 g/mol. The average Bonchev–Trinajstić information content (AvgIpc) is 2.64. The van der Waals surface area contributed by atoms with Crippen LogP contribution in [0.5, 0.6) is 0 Å². The molecule has 10 heteroatoms. The van der Waals surface area contributed by atoms with Gasteiger partial charge in [0.25, 0.3) is 5.69 Å². The summed E-state index contributed by atoms with van der Waals surface area (Å²) < 4.78 is 30.9. The van der Waals surface area contributed by atoms with E-state index in [-0.39, 0.29) is 35.3 Å². The number of unbranched alkanes of at least 4 members (excludes halogenated alkanes) is 2. The first-order valence-corrected chi connectivity index (χ1v) is 10.3. The molecule has 0 amide bonds. The zero-order valence-electron chi connectivity index (χ0n) is 15.9. The summed E-state index contributed by atoms with van der Waals surface area (Å²) in [6, 6.07) is 3.89. The lowest BCUT2D eigenvalue weighted by Gasteiger charge is -2.18. The standard InChI is InChI=1S/C17H27N3O6S/c1-4-19(5-2)27(24,25)14-10-11-15(16(13-14)20(22)23)18-12-8-6-7-9-17(21)26-3/h10-11,13,18H,4-9,12H2,1-3H3. The number of carbonyl (C=O) groups excluding carboxylic acids is 1. The number of nitrogens with zero attached hydrogens (tertiary/aromatic N) is 2. The van der Waals surface area contributed by atoms with E-state index in [9.17, 15) is 23.3 Å². The van der Waals surface area contributed by atoms with Crippen molar-refractivity contribution in [1.29, 1.82) is 0 Å². The summed E-state index contributed by atoms with van der Waals surface area (Å²) in [5, 5.41) is 14.3. The minimum absolute atomic E-state index is 0.0958. The molecule has 27 heavy (non-hydrogen) atoms. The molecular formula is C17H27N3O6S. The molecule has 0 atom stereocenters. The van der Waals surface area contributed by atoms with E-state index in [2.05, 4.69) is 10.1 Å². The van der Waals surface area contributed by atoms with E-state index in [0.717, 1.165) is 12.5 Å². The van der Waals surface area contributed by atoms with Crippen molar-refractivity contribution in [2.75, 3.05) is 32.1 Å². The van der Waals surface area contributed by atoms with Gasteiger partial charge in [-0.05, 0) is 25.0 Å². The number of methoxy groups -OCH3 is 1. The molecule has 0 aliphatic rings. The van der Waals surface area contributed by atoms with Crippen LogP contribution in [0.1, 0.15) is 39.5 Å². The van der Waals surface area contributed by atoms with Crippen LogP contribution in [0, 0.1) is 10.1 Å². The number of hydrogen-bond donors (Lipinski definition) is 1. The Morgan fingerprint density at radius 3 is 2.44 bits per heavy atom. The maximum absolute atomic E-state index is 12.5. The van der Waals surface area contributed by atoms with Gasteiger partial charge in [-0.3, -0.25) is 14.9 Å². The van der Waals surface area contributed by atoms with Crippen molar-refractivity contribution in [1.82, 2.24) is 4.31 Å². The van der Waals surface area contributed by atoms with Gasteiger partial charge in [0.05, 0.1) is 16.9 Å². The van der Waals surface area contributed by atoms with E-state index < -0.39 is 14.9 Å². The summed E-state index contributed by atoms with van der Waals surface area (Å²) in [5.74, 6) is -0.261. The van der Waals surface area contributed by atoms with Gasteiger partial charge in [0.15, 0.2) is 0 Å². The van der Waals surface area contributed by atoms with Gasteiger partial charge < -0.3 is 10.1 Å². The van der Waals surface area contributed by atoms with Gasteiger partial charge in [-0.1, -0.05) is 20.3 Å². The number of carbonyl (C=O) groups is 1. The summed E-state index contributed by atoms with van der Waals surface area (Å²) >= 11 is 0. The molecule has 1 aromatic rings. The highest BCUT2D eigenvalue weighted by atomic mass is 32.2. The minimum Gasteiger partial charge on any atom is -0.469 e. The molecule has 1 aromatic carbocycles. The third-order valence-electron chi connectivity index (χ3n) is 4.11. The van der Waals surface area contributed by atoms with Gasteiger partial charge >= 0.3 is 5.97 Å². The van der Waals surface area contributed by atoms with Crippen LogP contribution < -0.4 is 5.32 Å². The van der Waals surface area contributed by atoms with Gasteiger partial charge in [-0.15, -0.1) is 0 Å². The largest absolute Gasteiger partial charge is 0.469 e. The Balaban J connectivity index is 2.80. The first kappa shape index (κ1) is 22.8. The SMILES string of the molecule is CCN(CC)S(=O)(=O)c1ccc(NCCCCCC(=O)OC)c([N+](=O)[O-])c1. The van der Waals surface area contributed by atoms with Crippen molar-refractivity contribution in [3.8, 4) is 0 Å². The predicted octanol–water partition coefficient (Wildman–Crippen LogP) is 2.77. The number of ether oxygens (including phenoxy) is 1. The van der Waals surface area contributed by atoms with Crippen LogP contribution in [0.4, 0.5) is 11.4 Å². The first-order valence-electron chi connectivity index (χ1n) is 8.87. The lowest BCUT2D eigenvalue weighted by Crippen LogP contribution is -2.30. The van der Waals surface area contributed by atoms with Gasteiger partial charge in [0.1, 0.15) is 5.69 Å². The van der Waals surface area contributed by atoms with Crippen molar-refractivity contribution >= 4 is 27.4 Å². The maximum atomic E-state index is 12.5. The van der Waals surface area contributed by atoms with Crippen LogP contribution in [-0.2, 0) is 19.6 Å². The predicted molar refractivity (Wildman–Crippen MR) is 102 cm³/mol. The number of esters is 1. The van der Waals surface area contributed by atoms with E-state index in [4.69, 9.17) is 0 Å². The normalized spacial score (nSPS) is 11.4. The number of anilines is 1. The molecule has 0 aliphatic heterocycles. The van der Waals surface area contributed by atoms with Crippen LogP contribution in [0.15, 0.2) is 23.1 Å². The van der Waals surface area contributed by atoms with E-state index >= 15 is 0 Å². The minimum atomic E-state index is -3.76. The maximum Gasteiger partial charge on any atom is 0.305 e. The second-order valence-corrected chi connectivity index (χ2v) is 7.78. The number of sulfonamides is 1. The van der Waals surface area contributed by atoms with E-state index in [0.29, 0.717) is 25.8 Å². The summed E-state index contributed by atoms with van der Waals surface area (Å²) in [4.78, 5) is 21.7. The smallest absolute Gasteiger partial charge is 0.305 e. The van der Waals surface area contributed by atoms with E-state index in [1.165, 1.54) is 23.5 Å². The van der Waals surface area contributed by atoms with Gasteiger partial charge in [-0.25, -0.2) is 8.42 Å². The van der Waals surface area contributed by atoms with E-state index in [1.54, 1.807) is 13.8 Å². The second kappa shape index (κ2) is 10.8. The Morgan fingerprint density at radius 1 is 1.22 bits per heavy atom. The number of hydrogen-bond acceptors (Lipinski definition) is 7. The summed E-state index contributed by atoms with van der Waals surface area (Å²) in [6.45, 7) is 4.48. The molecule has 0 heterocycles. The second-order valence-electron chi connectivity index (χ2n) is 5.84. The number of nitrogens with one attached hydrogen (secondary N) is 1. The molecule has 0 radical (unpaired) electrons. The molecule has 0 saturated heterocycles. The highest BCUT2D eigenvalue weighted by Crippen LogP contribution is 2.29. The molecule has 0 aromatic heterocycles. The molecule has 9 nitrogen and oxygen atoms in total. The van der Waals surface area contributed by atoms with Gasteiger partial charge in [0, 0.05) is 32.1 Å². The van der Waals surface area contributed by atoms with Crippen molar-refractivity contribution in [2.45, 2.75) is 44.4 Å². The molecule has 1 rings (SSSR count). The number of benzene rings is 1. The van der Waals surface area contributed by atoms with Crippen molar-refractivity contribution in [2.24, 2.45) is 0 Å². The number of nitro groups is 1. The average molecular weight is 401 g/mol. The molecule has 1 N–H and O–H groups in total. The van der Waals surface area contributed by atoms with Gasteiger partial charge in [0.2, 0.25) is 10.0 Å². The Bertz CT molecular complexity index is 747. The van der Waals surface area contributed by atoms with Crippen LogP contribution >= 0.6 is 0 Å². The molecule has 0 saturated carbocycles. The highest BCUT2D eigenvalue weighted by Gasteiger charge is 2.25. The van der Waals surface area contributed by atoms with Gasteiger partial charge in [-0.2, -0.15) is 4.31 Å². The molecule has 0 bridgehead atoms. The summed E-state index contributed by atoms with van der Waals surface area (Å²) in [7, 11) is -2.42. The Morgan fingerprint density at radius 2 is 1.89 bits per heavy atom. The fourth-order valence-corrected chi connectivity index (χ4v) is 4.06. The van der Waals surface area contributed by atoms with Crippen molar-refractivity contribution in [3.05, 3.63) is 28.3 Å². The lowest BCUT2D eigenvalue weighted by atomic mass is 10.2. The third kappa shape index (κ3) is 6.47. The first-order chi connectivity index (χ1) is 12.8. The fraction of sp³-hybridized carbons (Fsp3) is 0.588. The summed E-state index contributed by atoms with van der Waals surface area (Å²) in [5.41, 5.74) is -0.00995. The van der Waals surface area contributed by atoms with Crippen LogP contribution in [0.2, 0.25) is 0 Å². The van der Waals surface area contributed by atoms with E-state index in [1.807, 2.05) is 0 Å². The third-order valence-corrected chi connectivity index (χ3v) is 6.16. The fourth-order valence-electron chi connectivity index (χ4n) is 2.58. The zero-order valence-corrected chi connectivity index (χ0v) is 16.8. The van der Waals surface area contributed by atoms with Crippen LogP contribution in [-0.4, -0.2) is 50.4 Å². The highest BCUT2D eigenvalue weighted by molar-refractivity contribution is 7.89.